The Morgan fingerprint density at radius 1 is 1.28 bits per heavy atom. The molecule has 1 fully saturated rings. The van der Waals surface area contributed by atoms with Gasteiger partial charge in [-0.25, -0.2) is 23.1 Å². The highest BCUT2D eigenvalue weighted by molar-refractivity contribution is 5.79. The third kappa shape index (κ3) is 4.66. The average molecular weight is 504 g/mol. The molecule has 1 aromatic heterocycles. The van der Waals surface area contributed by atoms with Gasteiger partial charge in [-0.2, -0.15) is 0 Å². The SMILES string of the molecule is CO[C@@]1(C2=Cc3c(N[C@H](C)c4cccc(C(F)F)c4F)ncnc3N(C)C2)CCN(C(C)=O)[C@H](C)C1. The van der Waals surface area contributed by atoms with Crippen LogP contribution in [-0.2, 0) is 9.53 Å². The van der Waals surface area contributed by atoms with E-state index in [0.717, 1.165) is 17.2 Å². The third-order valence-electron chi connectivity index (χ3n) is 7.36. The van der Waals surface area contributed by atoms with E-state index in [1.165, 1.54) is 18.5 Å². The van der Waals surface area contributed by atoms with Gasteiger partial charge in [0.1, 0.15) is 23.8 Å². The van der Waals surface area contributed by atoms with Crippen molar-refractivity contribution in [3.05, 3.63) is 52.6 Å². The Morgan fingerprint density at radius 3 is 2.64 bits per heavy atom. The second kappa shape index (κ2) is 10.1. The lowest BCUT2D eigenvalue weighted by Crippen LogP contribution is -2.54. The van der Waals surface area contributed by atoms with Crippen LogP contribution in [0.1, 0.15) is 62.8 Å². The summed E-state index contributed by atoms with van der Waals surface area (Å²) in [5.74, 6) is 0.294. The summed E-state index contributed by atoms with van der Waals surface area (Å²) >= 11 is 0. The zero-order valence-electron chi connectivity index (χ0n) is 21.2. The number of benzene rings is 1. The number of nitrogens with one attached hydrogen (secondary N) is 1. The summed E-state index contributed by atoms with van der Waals surface area (Å²) in [4.78, 5) is 24.7. The first-order chi connectivity index (χ1) is 17.1. The van der Waals surface area contributed by atoms with Crippen molar-refractivity contribution in [3.63, 3.8) is 0 Å². The third-order valence-corrected chi connectivity index (χ3v) is 7.36. The molecule has 0 spiro atoms. The van der Waals surface area contributed by atoms with E-state index in [1.54, 1.807) is 21.0 Å². The normalized spacial score (nSPS) is 22.8. The quantitative estimate of drug-likeness (QED) is 0.600. The molecule has 0 saturated carbocycles. The van der Waals surface area contributed by atoms with Gasteiger partial charge < -0.3 is 19.9 Å². The number of halogens is 3. The maximum absolute atomic E-state index is 14.8. The van der Waals surface area contributed by atoms with E-state index in [2.05, 4.69) is 15.3 Å². The number of fused-ring (bicyclic) bond motifs is 1. The molecule has 10 heteroatoms. The lowest BCUT2D eigenvalue weighted by Gasteiger charge is -2.47. The summed E-state index contributed by atoms with van der Waals surface area (Å²) in [5.41, 5.74) is 0.699. The molecule has 3 heterocycles. The molecule has 2 aromatic rings. The van der Waals surface area contributed by atoms with Crippen LogP contribution in [0, 0.1) is 5.82 Å². The minimum atomic E-state index is -2.90. The largest absolute Gasteiger partial charge is 0.374 e. The standard InChI is InChI=1S/C26H32F3N5O2/c1-15-12-26(36-5,9-10-34(15)17(3)35)18-11-21-24(30-14-31-25(21)33(4)13-18)32-16(2)19-7-6-8-20(22(19)27)23(28)29/h6-8,11,14-16,23H,9-10,12-13H2,1-5H3,(H,30,31,32)/t15-,16-,26+/m1/s1. The van der Waals surface area contributed by atoms with Crippen LogP contribution in [-0.4, -0.2) is 59.7 Å². The predicted octanol–water partition coefficient (Wildman–Crippen LogP) is 4.98. The summed E-state index contributed by atoms with van der Waals surface area (Å²) in [5, 5.41) is 3.20. The number of alkyl halides is 2. The fraction of sp³-hybridized carbons (Fsp3) is 0.500. The van der Waals surface area contributed by atoms with Crippen molar-refractivity contribution in [3.8, 4) is 0 Å². The van der Waals surface area contributed by atoms with E-state index in [1.807, 2.05) is 29.8 Å². The van der Waals surface area contributed by atoms with E-state index in [0.29, 0.717) is 37.6 Å². The van der Waals surface area contributed by atoms with Gasteiger partial charge in [-0.1, -0.05) is 18.2 Å². The van der Waals surface area contributed by atoms with Crippen LogP contribution in [0.4, 0.5) is 24.8 Å². The Hall–Kier alpha value is -3.14. The first kappa shape index (κ1) is 25.9. The molecule has 0 radical (unpaired) electrons. The van der Waals surface area contributed by atoms with Crippen molar-refractivity contribution in [2.24, 2.45) is 0 Å². The van der Waals surface area contributed by atoms with Crippen LogP contribution in [0.15, 0.2) is 30.1 Å². The van der Waals surface area contributed by atoms with E-state index in [9.17, 15) is 18.0 Å². The second-order valence-corrected chi connectivity index (χ2v) is 9.62. The fourth-order valence-corrected chi connectivity index (χ4v) is 5.41. The lowest BCUT2D eigenvalue weighted by atomic mass is 9.78. The van der Waals surface area contributed by atoms with Crippen LogP contribution in [0.3, 0.4) is 0 Å². The smallest absolute Gasteiger partial charge is 0.266 e. The van der Waals surface area contributed by atoms with Gasteiger partial charge in [0.05, 0.1) is 22.8 Å². The van der Waals surface area contributed by atoms with E-state index in [4.69, 9.17) is 4.74 Å². The van der Waals surface area contributed by atoms with Gasteiger partial charge in [0.2, 0.25) is 5.91 Å². The highest BCUT2D eigenvalue weighted by atomic mass is 19.3. The lowest BCUT2D eigenvalue weighted by molar-refractivity contribution is -0.136. The first-order valence-corrected chi connectivity index (χ1v) is 12.0. The number of hydrogen-bond donors (Lipinski definition) is 1. The number of carbonyl (C=O) groups is 1. The van der Waals surface area contributed by atoms with Crippen molar-refractivity contribution in [2.45, 2.75) is 57.7 Å². The van der Waals surface area contributed by atoms with Gasteiger partial charge in [-0.05, 0) is 31.9 Å². The zero-order chi connectivity index (χ0) is 26.2. The summed E-state index contributed by atoms with van der Waals surface area (Å²) in [7, 11) is 3.61. The van der Waals surface area contributed by atoms with E-state index >= 15 is 0 Å². The van der Waals surface area contributed by atoms with Crippen LogP contribution < -0.4 is 10.2 Å². The summed E-state index contributed by atoms with van der Waals surface area (Å²) in [6.07, 6.45) is 1.84. The zero-order valence-corrected chi connectivity index (χ0v) is 21.2. The summed E-state index contributed by atoms with van der Waals surface area (Å²) in [6, 6.07) is 3.40. The molecule has 0 unspecified atom stereocenters. The first-order valence-electron chi connectivity index (χ1n) is 12.0. The van der Waals surface area contributed by atoms with Crippen LogP contribution in [0.25, 0.3) is 6.08 Å². The fourth-order valence-electron chi connectivity index (χ4n) is 5.41. The van der Waals surface area contributed by atoms with E-state index in [-0.39, 0.29) is 17.5 Å². The van der Waals surface area contributed by atoms with Crippen LogP contribution >= 0.6 is 0 Å². The highest BCUT2D eigenvalue weighted by Crippen LogP contribution is 2.42. The number of likely N-dealkylation sites (tertiary alicyclic amines) is 1. The summed E-state index contributed by atoms with van der Waals surface area (Å²) in [6.45, 7) is 6.48. The Labute approximate surface area is 209 Å². The van der Waals surface area contributed by atoms with Crippen molar-refractivity contribution >= 4 is 23.6 Å². The van der Waals surface area contributed by atoms with Gasteiger partial charge in [0.25, 0.3) is 6.43 Å². The molecule has 0 bridgehead atoms. The minimum Gasteiger partial charge on any atom is -0.374 e. The number of likely N-dealkylation sites (N-methyl/N-ethyl adjacent to an activating group) is 1. The van der Waals surface area contributed by atoms with Crippen molar-refractivity contribution < 1.29 is 22.7 Å². The number of ether oxygens (including phenoxy) is 1. The number of nitrogens with zero attached hydrogens (tertiary/aromatic N) is 4. The molecule has 4 rings (SSSR count). The molecule has 1 N–H and O–H groups in total. The Bertz CT molecular complexity index is 1170. The maximum atomic E-state index is 14.8. The number of carbonyl (C=O) groups excluding carboxylic acids is 1. The number of hydrogen-bond acceptors (Lipinski definition) is 6. The maximum Gasteiger partial charge on any atom is 0.266 e. The molecule has 2 aliphatic rings. The van der Waals surface area contributed by atoms with Gasteiger partial charge in [0, 0.05) is 52.2 Å². The molecule has 1 aromatic carbocycles. The van der Waals surface area contributed by atoms with Gasteiger partial charge in [0.15, 0.2) is 0 Å². The molecule has 2 aliphatic heterocycles. The highest BCUT2D eigenvalue weighted by Gasteiger charge is 2.43. The second-order valence-electron chi connectivity index (χ2n) is 9.62. The molecular weight excluding hydrogens is 471 g/mol. The number of methoxy groups -OCH3 is 1. The molecule has 194 valence electrons. The molecule has 3 atom stereocenters. The molecule has 7 nitrogen and oxygen atoms in total. The number of anilines is 2. The Kier molecular flexibility index (Phi) is 7.26. The number of amides is 1. The average Bonchev–Trinajstić information content (AvgIpc) is 2.83. The Balaban J connectivity index is 1.69. The van der Waals surface area contributed by atoms with Crippen molar-refractivity contribution in [1.29, 1.82) is 0 Å². The van der Waals surface area contributed by atoms with Crippen molar-refractivity contribution in [1.82, 2.24) is 14.9 Å². The monoisotopic (exact) mass is 503 g/mol. The molecule has 0 aliphatic carbocycles. The van der Waals surface area contributed by atoms with Crippen LogP contribution in [0.5, 0.6) is 0 Å². The van der Waals surface area contributed by atoms with Crippen LogP contribution in [0.2, 0.25) is 0 Å². The number of rotatable bonds is 6. The molecule has 36 heavy (non-hydrogen) atoms. The molecular formula is C26H32F3N5O2. The Morgan fingerprint density at radius 2 is 2.00 bits per heavy atom. The number of aromatic nitrogens is 2. The van der Waals surface area contributed by atoms with Gasteiger partial charge in [-0.15, -0.1) is 0 Å². The topological polar surface area (TPSA) is 70.6 Å². The van der Waals surface area contributed by atoms with E-state index < -0.39 is 29.4 Å². The van der Waals surface area contributed by atoms with Gasteiger partial charge >= 0.3 is 0 Å². The minimum absolute atomic E-state index is 0.0125. The summed E-state index contributed by atoms with van der Waals surface area (Å²) < 4.78 is 47.3. The van der Waals surface area contributed by atoms with Gasteiger partial charge in [-0.3, -0.25) is 4.79 Å². The van der Waals surface area contributed by atoms with Crippen molar-refractivity contribution in [2.75, 3.05) is 37.5 Å². The molecule has 1 saturated heterocycles. The predicted molar refractivity (Wildman–Crippen MR) is 132 cm³/mol. The number of piperidine rings is 1. The molecule has 1 amide bonds.